The number of carbonyl (C=O) groups excluding carboxylic acids is 2. The molecular weight excluding hydrogens is 390 g/mol. The Morgan fingerprint density at radius 1 is 1.17 bits per heavy atom. The van der Waals surface area contributed by atoms with Gasteiger partial charge in [0, 0.05) is 31.5 Å². The molecule has 166 valence electrons. The van der Waals surface area contributed by atoms with E-state index in [-0.39, 0.29) is 29.8 Å². The first kappa shape index (κ1) is 22.7. The minimum absolute atomic E-state index is 0.0375. The van der Waals surface area contributed by atoms with Crippen LogP contribution in [0.2, 0.25) is 0 Å². The highest BCUT2D eigenvalue weighted by molar-refractivity contribution is 5.94. The van der Waals surface area contributed by atoms with Crippen LogP contribution in [0.3, 0.4) is 0 Å². The molecule has 0 aromatic heterocycles. The van der Waals surface area contributed by atoms with Gasteiger partial charge in [-0.25, -0.2) is 8.78 Å². The lowest BCUT2D eigenvalue weighted by Gasteiger charge is -2.41. The number of halogens is 2. The standard InChI is InChI=1S/C23H32F2N2O3/c1-3-4-5-6-7-8-9-22(29)30-23-11-10-17(26-23)14-27(15-23)21-13-19(24)18(16(2)28)12-20(21)25/h12-13,17,26H,3-11,14-15H2,1-2H3. The molecule has 7 heteroatoms. The molecule has 0 aliphatic carbocycles. The van der Waals surface area contributed by atoms with Gasteiger partial charge in [-0.2, -0.15) is 0 Å². The van der Waals surface area contributed by atoms with Crippen molar-refractivity contribution in [2.75, 3.05) is 18.0 Å². The summed E-state index contributed by atoms with van der Waals surface area (Å²) in [5.74, 6) is -2.15. The summed E-state index contributed by atoms with van der Waals surface area (Å²) in [5, 5.41) is 3.36. The molecule has 3 rings (SSSR count). The summed E-state index contributed by atoms with van der Waals surface area (Å²) in [4.78, 5) is 25.6. The maximum atomic E-state index is 14.6. The first-order valence-electron chi connectivity index (χ1n) is 11.1. The lowest BCUT2D eigenvalue weighted by molar-refractivity contribution is -0.162. The van der Waals surface area contributed by atoms with Crippen molar-refractivity contribution in [2.45, 2.75) is 83.4 Å². The van der Waals surface area contributed by atoms with Crippen molar-refractivity contribution in [1.82, 2.24) is 5.32 Å². The lowest BCUT2D eigenvalue weighted by Crippen LogP contribution is -2.61. The fraction of sp³-hybridized carbons (Fsp3) is 0.652. The van der Waals surface area contributed by atoms with E-state index in [1.165, 1.54) is 26.2 Å². The van der Waals surface area contributed by atoms with Gasteiger partial charge in [0.05, 0.1) is 17.8 Å². The quantitative estimate of drug-likeness (QED) is 0.336. The van der Waals surface area contributed by atoms with Gasteiger partial charge in [0.1, 0.15) is 11.6 Å². The van der Waals surface area contributed by atoms with E-state index in [0.717, 1.165) is 37.8 Å². The van der Waals surface area contributed by atoms with Crippen molar-refractivity contribution in [2.24, 2.45) is 0 Å². The maximum Gasteiger partial charge on any atom is 0.307 e. The molecule has 5 nitrogen and oxygen atoms in total. The fourth-order valence-electron chi connectivity index (χ4n) is 4.49. The Balaban J connectivity index is 1.62. The van der Waals surface area contributed by atoms with E-state index in [0.29, 0.717) is 19.4 Å². The number of ketones is 1. The van der Waals surface area contributed by atoms with Crippen LogP contribution in [0.1, 0.15) is 82.0 Å². The Morgan fingerprint density at radius 2 is 1.90 bits per heavy atom. The molecule has 2 fully saturated rings. The van der Waals surface area contributed by atoms with Crippen molar-refractivity contribution in [3.63, 3.8) is 0 Å². The second-order valence-corrected chi connectivity index (χ2v) is 8.59. The van der Waals surface area contributed by atoms with Crippen molar-refractivity contribution in [3.8, 4) is 0 Å². The summed E-state index contributed by atoms with van der Waals surface area (Å²) < 4.78 is 34.7. The predicted molar refractivity (Wildman–Crippen MR) is 112 cm³/mol. The molecule has 0 radical (unpaired) electrons. The molecule has 2 aliphatic rings. The number of carbonyl (C=O) groups is 2. The SMILES string of the molecule is CCCCCCCCC(=O)OC12CCC(CN(c3cc(F)c(C(C)=O)cc3F)C1)N2. The van der Waals surface area contributed by atoms with Gasteiger partial charge in [-0.1, -0.05) is 39.0 Å². The molecule has 2 unspecified atom stereocenters. The van der Waals surface area contributed by atoms with E-state index in [4.69, 9.17) is 4.74 Å². The Morgan fingerprint density at radius 3 is 2.63 bits per heavy atom. The van der Waals surface area contributed by atoms with Gasteiger partial charge < -0.3 is 9.64 Å². The number of rotatable bonds is 10. The molecule has 2 atom stereocenters. The predicted octanol–water partition coefficient (Wildman–Crippen LogP) is 4.73. The number of esters is 1. The molecule has 0 spiro atoms. The number of hydrogen-bond acceptors (Lipinski definition) is 5. The minimum Gasteiger partial charge on any atom is -0.442 e. The molecule has 2 saturated heterocycles. The molecule has 1 N–H and O–H groups in total. The highest BCUT2D eigenvalue weighted by Crippen LogP contribution is 2.35. The van der Waals surface area contributed by atoms with Crippen molar-refractivity contribution in [3.05, 3.63) is 29.3 Å². The molecule has 0 amide bonds. The molecular formula is C23H32F2N2O3. The minimum atomic E-state index is -0.871. The van der Waals surface area contributed by atoms with Crippen LogP contribution in [0, 0.1) is 11.6 Å². The van der Waals surface area contributed by atoms with Crippen molar-refractivity contribution < 1.29 is 23.1 Å². The van der Waals surface area contributed by atoms with E-state index in [2.05, 4.69) is 12.2 Å². The number of ether oxygens (including phenoxy) is 1. The van der Waals surface area contributed by atoms with Crippen molar-refractivity contribution >= 4 is 17.4 Å². The van der Waals surface area contributed by atoms with E-state index < -0.39 is 23.1 Å². The van der Waals surface area contributed by atoms with E-state index in [1.54, 1.807) is 4.90 Å². The molecule has 1 aromatic carbocycles. The topological polar surface area (TPSA) is 58.6 Å². The Bertz CT molecular complexity index is 786. The highest BCUT2D eigenvalue weighted by Gasteiger charge is 2.48. The molecule has 0 saturated carbocycles. The number of nitrogens with zero attached hydrogens (tertiary/aromatic N) is 1. The number of hydrogen-bond donors (Lipinski definition) is 1. The Hall–Kier alpha value is -2.02. The van der Waals surface area contributed by atoms with Crippen LogP contribution in [-0.4, -0.2) is 36.6 Å². The van der Waals surface area contributed by atoms with Gasteiger partial charge >= 0.3 is 5.97 Å². The van der Waals surface area contributed by atoms with Crippen LogP contribution in [0.25, 0.3) is 0 Å². The van der Waals surface area contributed by atoms with Crippen LogP contribution >= 0.6 is 0 Å². The molecule has 2 heterocycles. The van der Waals surface area contributed by atoms with Crippen molar-refractivity contribution in [1.29, 1.82) is 0 Å². The monoisotopic (exact) mass is 422 g/mol. The number of anilines is 1. The summed E-state index contributed by atoms with van der Waals surface area (Å²) in [6.07, 6.45) is 8.36. The largest absolute Gasteiger partial charge is 0.442 e. The normalized spacial score (nSPS) is 22.9. The Kier molecular flexibility index (Phi) is 7.45. The van der Waals surface area contributed by atoms with Crippen LogP contribution in [0.4, 0.5) is 14.5 Å². The van der Waals surface area contributed by atoms with E-state index >= 15 is 0 Å². The molecule has 1 aromatic rings. The Labute approximate surface area is 177 Å². The van der Waals surface area contributed by atoms with Gasteiger partial charge in [0.15, 0.2) is 11.5 Å². The van der Waals surface area contributed by atoms with Gasteiger partial charge in [-0.15, -0.1) is 0 Å². The number of piperazine rings is 1. The van der Waals surface area contributed by atoms with E-state index in [1.807, 2.05) is 0 Å². The summed E-state index contributed by atoms with van der Waals surface area (Å²) in [7, 11) is 0. The fourth-order valence-corrected chi connectivity index (χ4v) is 4.49. The summed E-state index contributed by atoms with van der Waals surface area (Å²) in [5.41, 5.74) is -1.03. The number of unbranched alkanes of at least 4 members (excludes halogenated alkanes) is 5. The summed E-state index contributed by atoms with van der Waals surface area (Å²) in [6, 6.07) is 2.06. The second-order valence-electron chi connectivity index (χ2n) is 8.59. The van der Waals surface area contributed by atoms with Gasteiger partial charge in [-0.05, 0) is 25.8 Å². The third-order valence-corrected chi connectivity index (χ3v) is 6.05. The smallest absolute Gasteiger partial charge is 0.307 e. The third kappa shape index (κ3) is 5.36. The average Bonchev–Trinajstić information content (AvgIpc) is 2.99. The first-order chi connectivity index (χ1) is 14.3. The van der Waals surface area contributed by atoms with Crippen LogP contribution in [-0.2, 0) is 9.53 Å². The lowest BCUT2D eigenvalue weighted by atomic mass is 10.1. The average molecular weight is 423 g/mol. The zero-order chi connectivity index (χ0) is 21.7. The van der Waals surface area contributed by atoms with Crippen LogP contribution in [0.15, 0.2) is 12.1 Å². The summed E-state index contributed by atoms with van der Waals surface area (Å²) >= 11 is 0. The second kappa shape index (κ2) is 9.86. The molecule has 30 heavy (non-hydrogen) atoms. The maximum absolute atomic E-state index is 14.6. The number of benzene rings is 1. The zero-order valence-corrected chi connectivity index (χ0v) is 17.9. The summed E-state index contributed by atoms with van der Waals surface area (Å²) in [6.45, 7) is 4.12. The molecule has 2 aliphatic heterocycles. The van der Waals surface area contributed by atoms with Gasteiger partial charge in [0.2, 0.25) is 0 Å². The third-order valence-electron chi connectivity index (χ3n) is 6.05. The zero-order valence-electron chi connectivity index (χ0n) is 17.9. The van der Waals surface area contributed by atoms with Gasteiger partial charge in [0.25, 0.3) is 0 Å². The van der Waals surface area contributed by atoms with E-state index in [9.17, 15) is 18.4 Å². The number of nitrogens with one attached hydrogen (secondary N) is 1. The number of Topliss-reactive ketones (excluding diaryl/α,β-unsaturated/α-hetero) is 1. The van der Waals surface area contributed by atoms with Crippen LogP contribution in [0.5, 0.6) is 0 Å². The number of fused-ring (bicyclic) bond motifs is 2. The first-order valence-corrected chi connectivity index (χ1v) is 11.1. The van der Waals surface area contributed by atoms with Crippen LogP contribution < -0.4 is 10.2 Å². The van der Waals surface area contributed by atoms with Gasteiger partial charge in [-0.3, -0.25) is 14.9 Å². The highest BCUT2D eigenvalue weighted by atomic mass is 19.1. The molecule has 2 bridgehead atoms.